The van der Waals surface area contributed by atoms with Gasteiger partial charge in [-0.3, -0.25) is 10.1 Å². The standard InChI is InChI=1S/C15H12Cl2N2O2/c16-11-5-10(6-12(17)8-11)15-14(19(20)21)7-9-3-1-2-4-13(9)18-15/h1-6,8,14-15,18H,7H2/t14-,15+/m0/s1. The highest BCUT2D eigenvalue weighted by Crippen LogP contribution is 2.35. The number of nitrogens with zero attached hydrogens (tertiary/aromatic N) is 1. The number of hydrogen-bond donors (Lipinski definition) is 1. The molecule has 0 radical (unpaired) electrons. The summed E-state index contributed by atoms with van der Waals surface area (Å²) in [6.07, 6.45) is 0.380. The minimum absolute atomic E-state index is 0.248. The Labute approximate surface area is 131 Å². The van der Waals surface area contributed by atoms with E-state index in [0.29, 0.717) is 16.5 Å². The molecule has 3 rings (SSSR count). The third-order valence-corrected chi connectivity index (χ3v) is 4.09. The van der Waals surface area contributed by atoms with Crippen LogP contribution in [-0.2, 0) is 6.42 Å². The number of nitro groups is 1. The van der Waals surface area contributed by atoms with Crippen molar-refractivity contribution in [3.8, 4) is 0 Å². The van der Waals surface area contributed by atoms with Gasteiger partial charge >= 0.3 is 0 Å². The van der Waals surface area contributed by atoms with E-state index in [4.69, 9.17) is 23.2 Å². The Kier molecular flexibility index (Phi) is 3.74. The summed E-state index contributed by atoms with van der Waals surface area (Å²) in [7, 11) is 0. The van der Waals surface area contributed by atoms with Crippen molar-refractivity contribution in [2.75, 3.05) is 5.32 Å². The smallest absolute Gasteiger partial charge is 0.241 e. The predicted octanol–water partition coefficient (Wildman–Crippen LogP) is 4.35. The van der Waals surface area contributed by atoms with Gasteiger partial charge in [0.25, 0.3) is 0 Å². The van der Waals surface area contributed by atoms with Crippen LogP contribution in [0.3, 0.4) is 0 Å². The second kappa shape index (κ2) is 5.54. The van der Waals surface area contributed by atoms with E-state index in [2.05, 4.69) is 5.32 Å². The Morgan fingerprint density at radius 1 is 1.14 bits per heavy atom. The zero-order valence-electron chi connectivity index (χ0n) is 10.9. The fourth-order valence-electron chi connectivity index (χ4n) is 2.70. The third kappa shape index (κ3) is 2.82. The molecule has 1 heterocycles. The average molecular weight is 323 g/mol. The predicted molar refractivity (Wildman–Crippen MR) is 83.8 cm³/mol. The van der Waals surface area contributed by atoms with Crippen LogP contribution in [0.1, 0.15) is 17.2 Å². The normalized spacial score (nSPS) is 20.5. The molecule has 6 heteroatoms. The van der Waals surface area contributed by atoms with E-state index in [1.807, 2.05) is 24.3 Å². The van der Waals surface area contributed by atoms with Crippen molar-refractivity contribution in [2.24, 2.45) is 0 Å². The quantitative estimate of drug-likeness (QED) is 0.660. The van der Waals surface area contributed by atoms with Crippen molar-refractivity contribution in [3.63, 3.8) is 0 Å². The Morgan fingerprint density at radius 2 is 1.81 bits per heavy atom. The molecule has 0 saturated carbocycles. The Hall–Kier alpha value is -1.78. The van der Waals surface area contributed by atoms with Crippen LogP contribution in [0.15, 0.2) is 42.5 Å². The lowest BCUT2D eigenvalue weighted by Gasteiger charge is -2.30. The maximum atomic E-state index is 11.4. The molecular weight excluding hydrogens is 311 g/mol. The molecule has 1 aliphatic rings. The van der Waals surface area contributed by atoms with Crippen molar-refractivity contribution in [1.29, 1.82) is 0 Å². The fraction of sp³-hybridized carbons (Fsp3) is 0.200. The van der Waals surface area contributed by atoms with E-state index >= 15 is 0 Å². The van der Waals surface area contributed by atoms with Crippen LogP contribution < -0.4 is 5.32 Å². The van der Waals surface area contributed by atoms with Crippen LogP contribution in [0.2, 0.25) is 10.0 Å². The monoisotopic (exact) mass is 322 g/mol. The molecule has 2 aromatic rings. The van der Waals surface area contributed by atoms with Crippen LogP contribution >= 0.6 is 23.2 Å². The topological polar surface area (TPSA) is 55.2 Å². The molecule has 1 aliphatic heterocycles. The van der Waals surface area contributed by atoms with Crippen LogP contribution in [-0.4, -0.2) is 11.0 Å². The fourth-order valence-corrected chi connectivity index (χ4v) is 3.25. The van der Waals surface area contributed by atoms with Crippen LogP contribution in [0, 0.1) is 10.1 Å². The van der Waals surface area contributed by atoms with E-state index in [9.17, 15) is 10.1 Å². The molecule has 2 aromatic carbocycles. The third-order valence-electron chi connectivity index (χ3n) is 3.66. The first-order chi connectivity index (χ1) is 10.0. The molecule has 0 amide bonds. The van der Waals surface area contributed by atoms with Gasteiger partial charge in [0.2, 0.25) is 6.04 Å². The largest absolute Gasteiger partial charge is 0.372 e. The number of para-hydroxylation sites is 1. The first-order valence-electron chi connectivity index (χ1n) is 6.48. The second-order valence-corrected chi connectivity index (χ2v) is 5.91. The summed E-state index contributed by atoms with van der Waals surface area (Å²) in [5, 5.41) is 15.6. The number of halogens is 2. The molecule has 1 N–H and O–H groups in total. The molecule has 0 bridgehead atoms. The van der Waals surface area contributed by atoms with Gasteiger partial charge in [-0.15, -0.1) is 0 Å². The lowest BCUT2D eigenvalue weighted by molar-refractivity contribution is -0.525. The lowest BCUT2D eigenvalue weighted by atomic mass is 9.89. The van der Waals surface area contributed by atoms with Crippen molar-refractivity contribution in [1.82, 2.24) is 0 Å². The molecule has 0 saturated heterocycles. The number of fused-ring (bicyclic) bond motifs is 1. The number of nitrogens with one attached hydrogen (secondary N) is 1. The molecule has 2 atom stereocenters. The minimum atomic E-state index is -0.755. The molecule has 108 valence electrons. The van der Waals surface area contributed by atoms with Crippen LogP contribution in [0.4, 0.5) is 5.69 Å². The number of hydrogen-bond acceptors (Lipinski definition) is 3. The average Bonchev–Trinajstić information content (AvgIpc) is 2.44. The van der Waals surface area contributed by atoms with Crippen molar-refractivity contribution in [3.05, 3.63) is 73.8 Å². The van der Waals surface area contributed by atoms with Gasteiger partial charge in [-0.1, -0.05) is 41.4 Å². The van der Waals surface area contributed by atoms with Gasteiger partial charge in [0.1, 0.15) is 6.04 Å². The van der Waals surface area contributed by atoms with E-state index in [1.54, 1.807) is 18.2 Å². The van der Waals surface area contributed by atoms with Crippen LogP contribution in [0.25, 0.3) is 0 Å². The zero-order valence-corrected chi connectivity index (χ0v) is 12.4. The van der Waals surface area contributed by atoms with Crippen LogP contribution in [0.5, 0.6) is 0 Å². The van der Waals surface area contributed by atoms with E-state index in [-0.39, 0.29) is 4.92 Å². The molecular formula is C15H12Cl2N2O2. The first kappa shape index (κ1) is 14.2. The molecule has 0 spiro atoms. The summed E-state index contributed by atoms with van der Waals surface area (Å²) in [5.41, 5.74) is 2.59. The second-order valence-electron chi connectivity index (χ2n) is 5.04. The van der Waals surface area contributed by atoms with Gasteiger partial charge in [0.15, 0.2) is 0 Å². The number of rotatable bonds is 2. The molecule has 4 nitrogen and oxygen atoms in total. The van der Waals surface area contributed by atoms with Gasteiger partial charge in [-0.2, -0.15) is 0 Å². The highest BCUT2D eigenvalue weighted by Gasteiger charge is 2.37. The highest BCUT2D eigenvalue weighted by molar-refractivity contribution is 6.34. The molecule has 0 aliphatic carbocycles. The number of anilines is 1. The van der Waals surface area contributed by atoms with E-state index < -0.39 is 12.1 Å². The minimum Gasteiger partial charge on any atom is -0.372 e. The Morgan fingerprint density at radius 3 is 2.48 bits per heavy atom. The number of benzene rings is 2. The van der Waals surface area contributed by atoms with E-state index in [0.717, 1.165) is 16.8 Å². The van der Waals surface area contributed by atoms with Gasteiger partial charge in [-0.25, -0.2) is 0 Å². The SMILES string of the molecule is O=[N+]([O-])[C@H]1Cc2ccccc2N[C@@H]1c1cc(Cl)cc(Cl)c1. The van der Waals surface area contributed by atoms with Gasteiger partial charge in [-0.05, 0) is 35.4 Å². The summed E-state index contributed by atoms with van der Waals surface area (Å²) in [6, 6.07) is 11.5. The van der Waals surface area contributed by atoms with E-state index in [1.165, 1.54) is 0 Å². The Bertz CT molecular complexity index is 686. The molecule has 0 fully saturated rings. The van der Waals surface area contributed by atoms with Crippen molar-refractivity contribution in [2.45, 2.75) is 18.5 Å². The van der Waals surface area contributed by atoms with Crippen molar-refractivity contribution < 1.29 is 4.92 Å². The summed E-state index contributed by atoms with van der Waals surface area (Å²) in [4.78, 5) is 11.2. The highest BCUT2D eigenvalue weighted by atomic mass is 35.5. The first-order valence-corrected chi connectivity index (χ1v) is 7.24. The Balaban J connectivity index is 2.05. The zero-order chi connectivity index (χ0) is 15.0. The summed E-state index contributed by atoms with van der Waals surface area (Å²) >= 11 is 12.0. The summed E-state index contributed by atoms with van der Waals surface area (Å²) < 4.78 is 0. The molecule has 0 aromatic heterocycles. The summed E-state index contributed by atoms with van der Waals surface area (Å²) in [6.45, 7) is 0. The maximum absolute atomic E-state index is 11.4. The molecule has 0 unspecified atom stereocenters. The van der Waals surface area contributed by atoms with Gasteiger partial charge in [0.05, 0.1) is 0 Å². The lowest BCUT2D eigenvalue weighted by Crippen LogP contribution is -2.38. The molecule has 21 heavy (non-hydrogen) atoms. The summed E-state index contributed by atoms with van der Waals surface area (Å²) in [5.74, 6) is 0. The maximum Gasteiger partial charge on any atom is 0.241 e. The van der Waals surface area contributed by atoms with Gasteiger partial charge in [0, 0.05) is 27.1 Å². The van der Waals surface area contributed by atoms with Gasteiger partial charge < -0.3 is 5.32 Å². The van der Waals surface area contributed by atoms with Crippen molar-refractivity contribution >= 4 is 28.9 Å².